The Balaban J connectivity index is 2.18. The average molecular weight is 184 g/mol. The van der Waals surface area contributed by atoms with Gasteiger partial charge >= 0.3 is 5.97 Å². The van der Waals surface area contributed by atoms with Gasteiger partial charge in [-0.2, -0.15) is 0 Å². The van der Waals surface area contributed by atoms with Crippen molar-refractivity contribution in [1.29, 1.82) is 0 Å². The van der Waals surface area contributed by atoms with E-state index in [4.69, 9.17) is 4.74 Å². The lowest BCUT2D eigenvalue weighted by atomic mass is 10.3. The van der Waals surface area contributed by atoms with Crippen LogP contribution < -0.4 is 4.74 Å². The topological polar surface area (TPSA) is 52.1 Å². The first-order chi connectivity index (χ1) is 5.77. The summed E-state index contributed by atoms with van der Waals surface area (Å²) in [6.07, 6.45) is 2.28. The minimum Gasteiger partial charge on any atom is -0.412 e. The van der Waals surface area contributed by atoms with Gasteiger partial charge in [-0.3, -0.25) is 4.79 Å². The van der Waals surface area contributed by atoms with Crippen LogP contribution in [0.2, 0.25) is 0 Å². The van der Waals surface area contributed by atoms with E-state index in [0.29, 0.717) is 11.0 Å². The van der Waals surface area contributed by atoms with Gasteiger partial charge in [0.2, 0.25) is 5.06 Å². The number of hydrogen-bond acceptors (Lipinski definition) is 5. The third kappa shape index (κ3) is 1.45. The molecular formula is C7H8N2O2S. The van der Waals surface area contributed by atoms with Crippen LogP contribution in [0.3, 0.4) is 0 Å². The van der Waals surface area contributed by atoms with Gasteiger partial charge in [-0.1, -0.05) is 4.49 Å². The van der Waals surface area contributed by atoms with Crippen molar-refractivity contribution in [3.05, 3.63) is 5.69 Å². The van der Waals surface area contributed by atoms with Gasteiger partial charge in [0.25, 0.3) is 0 Å². The fraction of sp³-hybridized carbons (Fsp3) is 0.571. The van der Waals surface area contributed by atoms with E-state index in [9.17, 15) is 4.79 Å². The minimum atomic E-state index is -0.303. The van der Waals surface area contributed by atoms with Crippen LogP contribution >= 0.6 is 11.5 Å². The molecule has 1 saturated carbocycles. The Morgan fingerprint density at radius 1 is 1.67 bits per heavy atom. The van der Waals surface area contributed by atoms with Crippen LogP contribution in [0.5, 0.6) is 5.06 Å². The molecule has 1 aromatic heterocycles. The third-order valence-electron chi connectivity index (χ3n) is 1.68. The highest BCUT2D eigenvalue weighted by Gasteiger charge is 2.30. The number of ether oxygens (including phenoxy) is 1. The Morgan fingerprint density at radius 2 is 2.42 bits per heavy atom. The molecule has 1 aliphatic rings. The summed E-state index contributed by atoms with van der Waals surface area (Å²) < 4.78 is 8.69. The maximum Gasteiger partial charge on any atom is 0.308 e. The minimum absolute atomic E-state index is 0.303. The van der Waals surface area contributed by atoms with Crippen molar-refractivity contribution in [3.63, 3.8) is 0 Å². The molecule has 0 spiro atoms. The molecule has 2 rings (SSSR count). The summed E-state index contributed by atoms with van der Waals surface area (Å²) in [6, 6.07) is 0. The summed E-state index contributed by atoms with van der Waals surface area (Å²) in [5.41, 5.74) is 0.857. The van der Waals surface area contributed by atoms with Gasteiger partial charge in [0.05, 0.1) is 0 Å². The van der Waals surface area contributed by atoms with E-state index in [1.165, 1.54) is 6.92 Å². The molecule has 4 nitrogen and oxygen atoms in total. The lowest BCUT2D eigenvalue weighted by molar-refractivity contribution is -0.131. The summed E-state index contributed by atoms with van der Waals surface area (Å²) in [6.45, 7) is 1.39. The third-order valence-corrected chi connectivity index (χ3v) is 2.30. The molecule has 0 unspecified atom stereocenters. The number of nitrogens with zero attached hydrogens (tertiary/aromatic N) is 2. The maximum absolute atomic E-state index is 10.6. The van der Waals surface area contributed by atoms with Gasteiger partial charge in [0.15, 0.2) is 0 Å². The van der Waals surface area contributed by atoms with Crippen molar-refractivity contribution in [2.45, 2.75) is 25.7 Å². The number of esters is 1. The molecular weight excluding hydrogens is 176 g/mol. The normalized spacial score (nSPS) is 16.1. The molecule has 1 fully saturated rings. The molecule has 0 atom stereocenters. The van der Waals surface area contributed by atoms with Crippen LogP contribution in [-0.4, -0.2) is 15.6 Å². The van der Waals surface area contributed by atoms with Gasteiger partial charge in [-0.25, -0.2) is 0 Å². The first-order valence-corrected chi connectivity index (χ1v) is 4.55. The van der Waals surface area contributed by atoms with E-state index in [0.717, 1.165) is 30.1 Å². The van der Waals surface area contributed by atoms with E-state index < -0.39 is 0 Å². The average Bonchev–Trinajstić information content (AvgIpc) is 2.73. The van der Waals surface area contributed by atoms with Crippen molar-refractivity contribution in [1.82, 2.24) is 9.59 Å². The van der Waals surface area contributed by atoms with E-state index in [-0.39, 0.29) is 5.97 Å². The smallest absolute Gasteiger partial charge is 0.308 e. The van der Waals surface area contributed by atoms with E-state index in [1.54, 1.807) is 0 Å². The predicted octanol–water partition coefficient (Wildman–Crippen LogP) is 1.34. The number of aromatic nitrogens is 2. The van der Waals surface area contributed by atoms with Crippen molar-refractivity contribution in [3.8, 4) is 5.06 Å². The molecule has 0 N–H and O–H groups in total. The van der Waals surface area contributed by atoms with Gasteiger partial charge in [-0.15, -0.1) is 5.10 Å². The molecule has 1 heterocycles. The number of hydrogen-bond donors (Lipinski definition) is 0. The zero-order valence-electron chi connectivity index (χ0n) is 6.61. The largest absolute Gasteiger partial charge is 0.412 e. The fourth-order valence-electron chi connectivity index (χ4n) is 0.996. The van der Waals surface area contributed by atoms with Crippen LogP contribution in [-0.2, 0) is 4.79 Å². The van der Waals surface area contributed by atoms with Gasteiger partial charge in [0.1, 0.15) is 5.69 Å². The molecule has 0 saturated heterocycles. The molecule has 0 aromatic carbocycles. The highest BCUT2D eigenvalue weighted by Crippen LogP contribution is 2.44. The summed E-state index contributed by atoms with van der Waals surface area (Å²) >= 11 is 1.14. The van der Waals surface area contributed by atoms with E-state index >= 15 is 0 Å². The number of rotatable bonds is 2. The predicted molar refractivity (Wildman–Crippen MR) is 43.2 cm³/mol. The van der Waals surface area contributed by atoms with E-state index in [1.807, 2.05) is 0 Å². The molecule has 0 amide bonds. The van der Waals surface area contributed by atoms with Crippen LogP contribution in [0.4, 0.5) is 0 Å². The van der Waals surface area contributed by atoms with Crippen LogP contribution in [0.15, 0.2) is 0 Å². The van der Waals surface area contributed by atoms with Gasteiger partial charge in [-0.05, 0) is 12.8 Å². The number of carbonyl (C=O) groups excluding carboxylic acids is 1. The van der Waals surface area contributed by atoms with Crippen molar-refractivity contribution in [2.24, 2.45) is 0 Å². The summed E-state index contributed by atoms with van der Waals surface area (Å²) in [7, 11) is 0. The zero-order valence-corrected chi connectivity index (χ0v) is 7.43. The second-order valence-corrected chi connectivity index (χ2v) is 3.53. The molecule has 64 valence electrons. The molecule has 1 aliphatic carbocycles. The lowest BCUT2D eigenvalue weighted by Crippen LogP contribution is -2.01. The standard InChI is InChI=1S/C7H8N2O2S/c1-4(10)11-7-6(5-2-3-5)8-9-12-7/h5H,2-3H2,1H3. The zero-order chi connectivity index (χ0) is 8.55. The summed E-state index contributed by atoms with van der Waals surface area (Å²) in [5.74, 6) is 0.182. The summed E-state index contributed by atoms with van der Waals surface area (Å²) in [5, 5.41) is 4.50. The Hall–Kier alpha value is -0.970. The molecule has 12 heavy (non-hydrogen) atoms. The number of carbonyl (C=O) groups is 1. The SMILES string of the molecule is CC(=O)Oc1snnc1C1CC1. The van der Waals surface area contributed by atoms with Crippen molar-refractivity contribution in [2.75, 3.05) is 0 Å². The highest BCUT2D eigenvalue weighted by molar-refractivity contribution is 7.07. The lowest BCUT2D eigenvalue weighted by Gasteiger charge is -1.96. The highest BCUT2D eigenvalue weighted by atomic mass is 32.1. The quantitative estimate of drug-likeness (QED) is 0.651. The maximum atomic E-state index is 10.6. The van der Waals surface area contributed by atoms with Gasteiger partial charge < -0.3 is 4.74 Å². The first-order valence-electron chi connectivity index (χ1n) is 3.78. The van der Waals surface area contributed by atoms with Crippen LogP contribution in [0.1, 0.15) is 31.4 Å². The molecule has 0 bridgehead atoms. The Bertz CT molecular complexity index is 306. The Kier molecular flexibility index (Phi) is 1.80. The summed E-state index contributed by atoms with van der Waals surface area (Å²) in [4.78, 5) is 10.6. The molecule has 0 aliphatic heterocycles. The first kappa shape index (κ1) is 7.67. The van der Waals surface area contributed by atoms with Crippen molar-refractivity contribution >= 4 is 17.5 Å². The monoisotopic (exact) mass is 184 g/mol. The molecule has 1 aromatic rings. The van der Waals surface area contributed by atoms with Crippen LogP contribution in [0, 0.1) is 0 Å². The second-order valence-electron chi connectivity index (χ2n) is 2.81. The second kappa shape index (κ2) is 2.82. The Morgan fingerprint density at radius 3 is 3.00 bits per heavy atom. The van der Waals surface area contributed by atoms with Crippen molar-refractivity contribution < 1.29 is 9.53 Å². The van der Waals surface area contributed by atoms with E-state index in [2.05, 4.69) is 9.59 Å². The molecule has 5 heteroatoms. The molecule has 0 radical (unpaired) electrons. The fourth-order valence-corrected chi connectivity index (χ4v) is 1.65. The van der Waals surface area contributed by atoms with Gasteiger partial charge in [0, 0.05) is 24.4 Å². The Labute approximate surface area is 73.7 Å². The van der Waals surface area contributed by atoms with Crippen LogP contribution in [0.25, 0.3) is 0 Å².